The second-order valence-corrected chi connectivity index (χ2v) is 8.79. The number of hydrogen-bond donors (Lipinski definition) is 1. The average molecular weight is 331 g/mol. The normalized spacial score (nSPS) is 28.6. The summed E-state index contributed by atoms with van der Waals surface area (Å²) >= 11 is 0. The molecule has 2 unspecified atom stereocenters. The first-order chi connectivity index (χ1) is 10.4. The second kappa shape index (κ2) is 7.75. The number of hydrogen-bond acceptors (Lipinski definition) is 5. The number of likely N-dealkylation sites (N-methyl/N-ethyl adjacent to an activating group) is 1. The van der Waals surface area contributed by atoms with Gasteiger partial charge >= 0.3 is 0 Å². The maximum atomic E-state index is 12.6. The summed E-state index contributed by atoms with van der Waals surface area (Å²) in [6.45, 7) is 5.51. The number of nitrogens with two attached hydrogens (primary N) is 1. The highest BCUT2D eigenvalue weighted by atomic mass is 32.2. The van der Waals surface area contributed by atoms with Gasteiger partial charge in [0.1, 0.15) is 0 Å². The zero-order chi connectivity index (χ0) is 16.2. The fourth-order valence-corrected chi connectivity index (χ4v) is 5.44. The van der Waals surface area contributed by atoms with Crippen molar-refractivity contribution in [3.05, 3.63) is 0 Å². The Bertz CT molecular complexity index is 478. The molecular weight excluding hydrogens is 302 g/mol. The number of rotatable bonds is 6. The smallest absolute Gasteiger partial charge is 0.237 e. The summed E-state index contributed by atoms with van der Waals surface area (Å²) in [6, 6.07) is -0.132. The largest absolute Gasteiger partial charge is 0.338 e. The molecule has 2 saturated heterocycles. The molecule has 2 heterocycles. The van der Waals surface area contributed by atoms with Gasteiger partial charge < -0.3 is 10.6 Å². The first kappa shape index (κ1) is 17.7. The summed E-state index contributed by atoms with van der Waals surface area (Å²) in [4.78, 5) is 16.5. The second-order valence-electron chi connectivity index (χ2n) is 6.56. The lowest BCUT2D eigenvalue weighted by Crippen LogP contribution is -2.48. The topological polar surface area (TPSA) is 83.7 Å². The molecule has 0 aromatic rings. The van der Waals surface area contributed by atoms with Crippen LogP contribution in [-0.4, -0.2) is 74.4 Å². The highest BCUT2D eigenvalue weighted by Crippen LogP contribution is 2.21. The van der Waals surface area contributed by atoms with Crippen molar-refractivity contribution in [2.45, 2.75) is 38.6 Å². The molecule has 1 amide bonds. The summed E-state index contributed by atoms with van der Waals surface area (Å²) in [5.41, 5.74) is 5.63. The summed E-state index contributed by atoms with van der Waals surface area (Å²) in [5, 5.41) is 0. The van der Waals surface area contributed by atoms with E-state index in [0.717, 1.165) is 25.9 Å². The Morgan fingerprint density at radius 2 is 2.14 bits per heavy atom. The first-order valence-corrected chi connectivity index (χ1v) is 10.2. The van der Waals surface area contributed by atoms with Gasteiger partial charge in [-0.1, -0.05) is 0 Å². The zero-order valence-electron chi connectivity index (χ0n) is 13.5. The van der Waals surface area contributed by atoms with Crippen molar-refractivity contribution in [1.82, 2.24) is 9.80 Å². The number of piperidine rings is 1. The number of nitrogens with zero attached hydrogens (tertiary/aromatic N) is 2. The van der Waals surface area contributed by atoms with E-state index in [1.165, 1.54) is 6.42 Å². The molecule has 0 saturated carbocycles. The summed E-state index contributed by atoms with van der Waals surface area (Å²) < 4.78 is 23.3. The van der Waals surface area contributed by atoms with Gasteiger partial charge in [-0.3, -0.25) is 9.69 Å². The van der Waals surface area contributed by atoms with E-state index < -0.39 is 9.84 Å². The Kier molecular flexibility index (Phi) is 6.23. The molecule has 2 aliphatic heterocycles. The van der Waals surface area contributed by atoms with Gasteiger partial charge in [0.15, 0.2) is 9.84 Å². The zero-order valence-corrected chi connectivity index (χ0v) is 14.4. The van der Waals surface area contributed by atoms with E-state index in [1.54, 1.807) is 4.90 Å². The van der Waals surface area contributed by atoms with Crippen LogP contribution < -0.4 is 5.73 Å². The van der Waals surface area contributed by atoms with Crippen LogP contribution in [-0.2, 0) is 14.6 Å². The van der Waals surface area contributed by atoms with Gasteiger partial charge in [-0.2, -0.15) is 0 Å². The lowest BCUT2D eigenvalue weighted by atomic mass is 9.95. The quantitative estimate of drug-likeness (QED) is 0.745. The Hall–Kier alpha value is -0.660. The Labute approximate surface area is 133 Å². The van der Waals surface area contributed by atoms with Crippen LogP contribution in [0, 0.1) is 5.92 Å². The number of carbonyl (C=O) groups excluding carboxylic acids is 1. The third-order valence-electron chi connectivity index (χ3n) is 4.85. The molecule has 2 N–H and O–H groups in total. The molecule has 128 valence electrons. The molecule has 0 aromatic carbocycles. The third kappa shape index (κ3) is 4.67. The van der Waals surface area contributed by atoms with E-state index in [4.69, 9.17) is 5.73 Å². The van der Waals surface area contributed by atoms with Crippen LogP contribution in [0.5, 0.6) is 0 Å². The lowest BCUT2D eigenvalue weighted by molar-refractivity contribution is -0.134. The predicted molar refractivity (Wildman–Crippen MR) is 87.3 cm³/mol. The van der Waals surface area contributed by atoms with Crippen LogP contribution in [0.3, 0.4) is 0 Å². The average Bonchev–Trinajstić information content (AvgIpc) is 2.80. The molecule has 0 spiro atoms. The molecule has 7 heteroatoms. The predicted octanol–water partition coefficient (Wildman–Crippen LogP) is 0.0828. The van der Waals surface area contributed by atoms with Crippen molar-refractivity contribution in [3.63, 3.8) is 0 Å². The fraction of sp³-hybridized carbons (Fsp3) is 0.933. The minimum Gasteiger partial charge on any atom is -0.338 e. The molecule has 0 aliphatic carbocycles. The van der Waals surface area contributed by atoms with Crippen LogP contribution in [0.2, 0.25) is 0 Å². The third-order valence-corrected chi connectivity index (χ3v) is 6.60. The van der Waals surface area contributed by atoms with E-state index in [0.29, 0.717) is 32.0 Å². The van der Waals surface area contributed by atoms with Gasteiger partial charge in [0.2, 0.25) is 5.91 Å². The van der Waals surface area contributed by atoms with E-state index in [2.05, 4.69) is 4.90 Å². The van der Waals surface area contributed by atoms with Crippen molar-refractivity contribution in [2.75, 3.05) is 44.2 Å². The molecule has 6 nitrogen and oxygen atoms in total. The molecule has 22 heavy (non-hydrogen) atoms. The van der Waals surface area contributed by atoms with Crippen LogP contribution in [0.15, 0.2) is 0 Å². The van der Waals surface area contributed by atoms with Crippen molar-refractivity contribution in [2.24, 2.45) is 11.7 Å². The van der Waals surface area contributed by atoms with E-state index in [9.17, 15) is 13.2 Å². The van der Waals surface area contributed by atoms with Crippen LogP contribution >= 0.6 is 0 Å². The van der Waals surface area contributed by atoms with Gasteiger partial charge in [0.05, 0.1) is 18.1 Å². The van der Waals surface area contributed by atoms with Gasteiger partial charge in [-0.25, -0.2) is 8.42 Å². The van der Waals surface area contributed by atoms with Crippen LogP contribution in [0.4, 0.5) is 0 Å². The lowest BCUT2D eigenvalue weighted by Gasteiger charge is -2.35. The van der Waals surface area contributed by atoms with Gasteiger partial charge in [-0.15, -0.1) is 0 Å². The van der Waals surface area contributed by atoms with Crippen molar-refractivity contribution in [3.8, 4) is 0 Å². The minimum absolute atomic E-state index is 0.0676. The molecule has 0 aromatic heterocycles. The number of carbonyl (C=O) groups is 1. The molecule has 0 bridgehead atoms. The Morgan fingerprint density at radius 1 is 1.36 bits per heavy atom. The summed E-state index contributed by atoms with van der Waals surface area (Å²) in [5.74, 6) is 0.998. The molecule has 2 atom stereocenters. The number of likely N-dealkylation sites (tertiary alicyclic amines) is 1. The highest BCUT2D eigenvalue weighted by molar-refractivity contribution is 7.91. The number of amides is 1. The minimum atomic E-state index is -2.95. The van der Waals surface area contributed by atoms with E-state index in [1.807, 2.05) is 6.92 Å². The molecular formula is C15H29N3O3S. The molecule has 2 rings (SSSR count). The fourth-order valence-electron chi connectivity index (χ4n) is 3.71. The van der Waals surface area contributed by atoms with Gasteiger partial charge in [0.25, 0.3) is 0 Å². The first-order valence-electron chi connectivity index (χ1n) is 8.37. The van der Waals surface area contributed by atoms with Crippen LogP contribution in [0.1, 0.15) is 32.6 Å². The van der Waals surface area contributed by atoms with Crippen LogP contribution in [0.25, 0.3) is 0 Å². The highest BCUT2D eigenvalue weighted by Gasteiger charge is 2.34. The molecule has 0 radical (unpaired) electrons. The Morgan fingerprint density at radius 3 is 2.73 bits per heavy atom. The maximum absolute atomic E-state index is 12.6. The summed E-state index contributed by atoms with van der Waals surface area (Å²) in [7, 11) is -2.95. The van der Waals surface area contributed by atoms with Crippen molar-refractivity contribution >= 4 is 15.7 Å². The molecule has 2 aliphatic rings. The van der Waals surface area contributed by atoms with Gasteiger partial charge in [-0.05, 0) is 51.6 Å². The monoisotopic (exact) mass is 331 g/mol. The summed E-state index contributed by atoms with van der Waals surface area (Å²) in [6.07, 6.45) is 3.91. The van der Waals surface area contributed by atoms with Crippen molar-refractivity contribution in [1.29, 1.82) is 0 Å². The van der Waals surface area contributed by atoms with E-state index >= 15 is 0 Å². The standard InChI is InChI=1S/C15H29N3O3S/c1-2-18(14-6-9-22(20,21)12-14)15(19)11-17-8-3-4-13(10-17)5-7-16/h13-14H,2-12,16H2,1H3. The maximum Gasteiger partial charge on any atom is 0.237 e. The van der Waals surface area contributed by atoms with Crippen molar-refractivity contribution < 1.29 is 13.2 Å². The Balaban J connectivity index is 1.89. The molecule has 2 fully saturated rings. The van der Waals surface area contributed by atoms with E-state index in [-0.39, 0.29) is 23.5 Å². The van der Waals surface area contributed by atoms with Gasteiger partial charge in [0, 0.05) is 19.1 Å². The SMILES string of the molecule is CCN(C(=O)CN1CCCC(CCN)C1)C1CCS(=O)(=O)C1. The number of sulfone groups is 1.